The Kier molecular flexibility index (Phi) is 6.06. The standard InChI is InChI=1S/C16H23BrN2O2/c1-12(11-19-8-4-3-5-9-19)18-16(20)14-7-6-13(17)10-15(14)21-2/h6-7,10,12H,3-5,8-9,11H2,1-2H3,(H,18,20). The number of methoxy groups -OCH3 is 1. The zero-order chi connectivity index (χ0) is 15.2. The molecule has 1 saturated heterocycles. The van der Waals surface area contributed by atoms with Crippen LogP contribution >= 0.6 is 15.9 Å². The summed E-state index contributed by atoms with van der Waals surface area (Å²) < 4.78 is 6.18. The van der Waals surface area contributed by atoms with Gasteiger partial charge < -0.3 is 15.0 Å². The predicted molar refractivity (Wildman–Crippen MR) is 87.9 cm³/mol. The van der Waals surface area contributed by atoms with Crippen molar-refractivity contribution in [1.29, 1.82) is 0 Å². The summed E-state index contributed by atoms with van der Waals surface area (Å²) in [4.78, 5) is 14.8. The van der Waals surface area contributed by atoms with Gasteiger partial charge in [0.05, 0.1) is 12.7 Å². The minimum absolute atomic E-state index is 0.0798. The molecule has 1 fully saturated rings. The van der Waals surface area contributed by atoms with E-state index >= 15 is 0 Å². The highest BCUT2D eigenvalue weighted by Crippen LogP contribution is 2.23. The fourth-order valence-corrected chi connectivity index (χ4v) is 3.07. The van der Waals surface area contributed by atoms with Crippen LogP contribution in [0.1, 0.15) is 36.5 Å². The van der Waals surface area contributed by atoms with Crippen molar-refractivity contribution in [3.05, 3.63) is 28.2 Å². The smallest absolute Gasteiger partial charge is 0.255 e. The summed E-state index contributed by atoms with van der Waals surface area (Å²) in [5.74, 6) is 0.510. The molecule has 0 aromatic heterocycles. The highest BCUT2D eigenvalue weighted by atomic mass is 79.9. The van der Waals surface area contributed by atoms with Gasteiger partial charge in [-0.1, -0.05) is 22.4 Å². The number of hydrogen-bond acceptors (Lipinski definition) is 3. The summed E-state index contributed by atoms with van der Waals surface area (Å²) in [6.45, 7) is 5.24. The number of likely N-dealkylation sites (tertiary alicyclic amines) is 1. The second-order valence-corrected chi connectivity index (χ2v) is 6.50. The first-order chi connectivity index (χ1) is 10.1. The van der Waals surface area contributed by atoms with Gasteiger partial charge >= 0.3 is 0 Å². The van der Waals surface area contributed by atoms with E-state index in [9.17, 15) is 4.79 Å². The maximum atomic E-state index is 12.4. The fourth-order valence-electron chi connectivity index (χ4n) is 2.73. The van der Waals surface area contributed by atoms with Gasteiger partial charge in [0.1, 0.15) is 5.75 Å². The van der Waals surface area contributed by atoms with Crippen LogP contribution in [0.15, 0.2) is 22.7 Å². The first kappa shape index (κ1) is 16.3. The van der Waals surface area contributed by atoms with E-state index < -0.39 is 0 Å². The third-order valence-corrected chi connectivity index (χ3v) is 4.26. The largest absolute Gasteiger partial charge is 0.496 e. The Morgan fingerprint density at radius 1 is 1.38 bits per heavy atom. The van der Waals surface area contributed by atoms with E-state index in [1.807, 2.05) is 12.1 Å². The highest BCUT2D eigenvalue weighted by Gasteiger charge is 2.18. The van der Waals surface area contributed by atoms with E-state index in [1.165, 1.54) is 19.3 Å². The Bertz CT molecular complexity index is 487. The molecule has 1 unspecified atom stereocenters. The van der Waals surface area contributed by atoms with Gasteiger partial charge in [-0.3, -0.25) is 4.79 Å². The van der Waals surface area contributed by atoms with Crippen molar-refractivity contribution in [2.45, 2.75) is 32.2 Å². The SMILES string of the molecule is COc1cc(Br)ccc1C(=O)NC(C)CN1CCCCC1. The minimum Gasteiger partial charge on any atom is -0.496 e. The second-order valence-electron chi connectivity index (χ2n) is 5.58. The maximum absolute atomic E-state index is 12.4. The number of nitrogens with one attached hydrogen (secondary N) is 1. The van der Waals surface area contributed by atoms with Gasteiger partial charge in [-0.15, -0.1) is 0 Å². The third kappa shape index (κ3) is 4.71. The van der Waals surface area contributed by atoms with Gasteiger partial charge in [0.15, 0.2) is 0 Å². The van der Waals surface area contributed by atoms with E-state index in [0.29, 0.717) is 11.3 Å². The summed E-state index contributed by atoms with van der Waals surface area (Å²) >= 11 is 3.38. The van der Waals surface area contributed by atoms with E-state index in [4.69, 9.17) is 4.74 Å². The molecule has 1 heterocycles. The fraction of sp³-hybridized carbons (Fsp3) is 0.562. The molecule has 1 aromatic carbocycles. The van der Waals surface area contributed by atoms with Crippen molar-refractivity contribution in [2.24, 2.45) is 0 Å². The van der Waals surface area contributed by atoms with Crippen molar-refractivity contribution < 1.29 is 9.53 Å². The molecule has 1 aliphatic rings. The lowest BCUT2D eigenvalue weighted by Crippen LogP contribution is -2.43. The number of nitrogens with zero attached hydrogens (tertiary/aromatic N) is 1. The highest BCUT2D eigenvalue weighted by molar-refractivity contribution is 9.10. The van der Waals surface area contributed by atoms with Crippen LogP contribution in [-0.2, 0) is 0 Å². The molecule has 116 valence electrons. The Labute approximate surface area is 135 Å². The molecule has 5 heteroatoms. The monoisotopic (exact) mass is 354 g/mol. The number of carbonyl (C=O) groups is 1. The van der Waals surface area contributed by atoms with Crippen LogP contribution in [0, 0.1) is 0 Å². The number of carbonyl (C=O) groups excluding carboxylic acids is 1. The molecular weight excluding hydrogens is 332 g/mol. The van der Waals surface area contributed by atoms with E-state index in [0.717, 1.165) is 24.1 Å². The van der Waals surface area contributed by atoms with Crippen LogP contribution in [0.25, 0.3) is 0 Å². The quantitative estimate of drug-likeness (QED) is 0.883. The van der Waals surface area contributed by atoms with Crippen LogP contribution in [-0.4, -0.2) is 43.6 Å². The molecule has 0 bridgehead atoms. The number of piperidine rings is 1. The first-order valence-electron chi connectivity index (χ1n) is 7.47. The number of hydrogen-bond donors (Lipinski definition) is 1. The van der Waals surface area contributed by atoms with Gasteiger partial charge in [-0.2, -0.15) is 0 Å². The van der Waals surface area contributed by atoms with Crippen molar-refractivity contribution in [1.82, 2.24) is 10.2 Å². The number of ether oxygens (including phenoxy) is 1. The molecule has 0 spiro atoms. The molecule has 1 aliphatic heterocycles. The normalized spacial score (nSPS) is 17.3. The molecule has 2 rings (SSSR count). The van der Waals surface area contributed by atoms with Crippen molar-refractivity contribution in [3.63, 3.8) is 0 Å². The van der Waals surface area contributed by atoms with Gasteiger partial charge in [0, 0.05) is 17.1 Å². The molecule has 1 N–H and O–H groups in total. The Morgan fingerprint density at radius 3 is 2.76 bits per heavy atom. The summed E-state index contributed by atoms with van der Waals surface area (Å²) in [5.41, 5.74) is 0.575. The van der Waals surface area contributed by atoms with Crippen LogP contribution in [0.2, 0.25) is 0 Å². The number of rotatable bonds is 5. The van der Waals surface area contributed by atoms with Crippen molar-refractivity contribution >= 4 is 21.8 Å². The Morgan fingerprint density at radius 2 is 2.10 bits per heavy atom. The summed E-state index contributed by atoms with van der Waals surface area (Å²) in [5, 5.41) is 3.06. The van der Waals surface area contributed by atoms with Crippen LogP contribution in [0.3, 0.4) is 0 Å². The minimum atomic E-state index is -0.0798. The molecule has 4 nitrogen and oxygen atoms in total. The number of halogens is 1. The van der Waals surface area contributed by atoms with Crippen LogP contribution in [0.5, 0.6) is 5.75 Å². The van der Waals surface area contributed by atoms with Gasteiger partial charge in [-0.05, 0) is 51.1 Å². The lowest BCUT2D eigenvalue weighted by Gasteiger charge is -2.29. The molecule has 0 saturated carbocycles. The molecule has 1 aromatic rings. The van der Waals surface area contributed by atoms with Gasteiger partial charge in [-0.25, -0.2) is 0 Å². The lowest BCUT2D eigenvalue weighted by molar-refractivity contribution is 0.0922. The average molecular weight is 355 g/mol. The predicted octanol–water partition coefficient (Wildman–Crippen LogP) is 3.06. The Hall–Kier alpha value is -1.07. The molecular formula is C16H23BrN2O2. The molecule has 1 amide bonds. The Balaban J connectivity index is 1.94. The zero-order valence-corrected chi connectivity index (χ0v) is 14.3. The summed E-state index contributed by atoms with van der Waals surface area (Å²) in [6, 6.07) is 5.58. The van der Waals surface area contributed by atoms with E-state index in [2.05, 4.69) is 33.1 Å². The van der Waals surface area contributed by atoms with Crippen molar-refractivity contribution in [3.8, 4) is 5.75 Å². The van der Waals surface area contributed by atoms with Crippen molar-refractivity contribution in [2.75, 3.05) is 26.7 Å². The molecule has 21 heavy (non-hydrogen) atoms. The third-order valence-electron chi connectivity index (χ3n) is 3.77. The number of amides is 1. The van der Waals surface area contributed by atoms with E-state index in [-0.39, 0.29) is 11.9 Å². The molecule has 0 aliphatic carbocycles. The maximum Gasteiger partial charge on any atom is 0.255 e. The summed E-state index contributed by atoms with van der Waals surface area (Å²) in [7, 11) is 1.58. The van der Waals surface area contributed by atoms with Crippen LogP contribution in [0.4, 0.5) is 0 Å². The van der Waals surface area contributed by atoms with E-state index in [1.54, 1.807) is 13.2 Å². The second kappa shape index (κ2) is 7.80. The number of benzene rings is 1. The average Bonchev–Trinajstić information content (AvgIpc) is 2.47. The lowest BCUT2D eigenvalue weighted by atomic mass is 10.1. The zero-order valence-electron chi connectivity index (χ0n) is 12.7. The molecule has 0 radical (unpaired) electrons. The first-order valence-corrected chi connectivity index (χ1v) is 8.26. The van der Waals surface area contributed by atoms with Gasteiger partial charge in [0.2, 0.25) is 0 Å². The van der Waals surface area contributed by atoms with Gasteiger partial charge in [0.25, 0.3) is 5.91 Å². The topological polar surface area (TPSA) is 41.6 Å². The summed E-state index contributed by atoms with van der Waals surface area (Å²) in [6.07, 6.45) is 3.86. The van der Waals surface area contributed by atoms with Crippen LogP contribution < -0.4 is 10.1 Å². The molecule has 1 atom stereocenters.